The molecule has 0 aromatic heterocycles. The molecule has 1 fully saturated rings. The molecule has 0 radical (unpaired) electrons. The predicted molar refractivity (Wildman–Crippen MR) is 64.7 cm³/mol. The maximum atomic E-state index is 11.8. The molecule has 1 saturated heterocycles. The lowest BCUT2D eigenvalue weighted by Gasteiger charge is -2.10. The largest absolute Gasteiger partial charge is 0.391 e. The van der Waals surface area contributed by atoms with Crippen LogP contribution in [0.3, 0.4) is 0 Å². The minimum Gasteiger partial charge on any atom is -0.391 e. The monoisotopic (exact) mass is 272 g/mol. The van der Waals surface area contributed by atoms with E-state index in [1.807, 2.05) is 6.92 Å². The summed E-state index contributed by atoms with van der Waals surface area (Å²) in [6, 6.07) is 6.45. The molecule has 1 aliphatic rings. The number of aryl methyl sites for hydroxylation is 1. The van der Waals surface area contributed by atoms with Crippen LogP contribution in [0.1, 0.15) is 12.0 Å². The fourth-order valence-electron chi connectivity index (χ4n) is 1.74. The maximum Gasteiger partial charge on any atom is 0.297 e. The summed E-state index contributed by atoms with van der Waals surface area (Å²) < 4.78 is 33.8. The van der Waals surface area contributed by atoms with E-state index >= 15 is 0 Å². The molecule has 100 valence electrons. The minimum absolute atomic E-state index is 0.0622. The Balaban J connectivity index is 1.97. The summed E-state index contributed by atoms with van der Waals surface area (Å²) in [4.78, 5) is 0.131. The SMILES string of the molecule is Cc1ccc(S(=O)(=O)OC[C@@H]2C[C@@H](O)CO2)cc1. The van der Waals surface area contributed by atoms with Crippen molar-refractivity contribution in [3.63, 3.8) is 0 Å². The van der Waals surface area contributed by atoms with Gasteiger partial charge < -0.3 is 9.84 Å². The molecule has 1 aromatic carbocycles. The van der Waals surface area contributed by atoms with Crippen molar-refractivity contribution in [2.24, 2.45) is 0 Å². The van der Waals surface area contributed by atoms with E-state index in [0.29, 0.717) is 6.42 Å². The lowest BCUT2D eigenvalue weighted by atomic mass is 10.2. The van der Waals surface area contributed by atoms with E-state index in [2.05, 4.69) is 0 Å². The molecule has 1 aliphatic heterocycles. The third-order valence-electron chi connectivity index (χ3n) is 2.78. The Hall–Kier alpha value is -0.950. The Morgan fingerprint density at radius 2 is 2.06 bits per heavy atom. The van der Waals surface area contributed by atoms with Crippen LogP contribution in [0, 0.1) is 6.92 Å². The quantitative estimate of drug-likeness (QED) is 0.823. The zero-order valence-corrected chi connectivity index (χ0v) is 10.9. The molecule has 2 rings (SSSR count). The van der Waals surface area contributed by atoms with Crippen LogP contribution in [-0.4, -0.2) is 38.9 Å². The Bertz CT molecular complexity index is 494. The summed E-state index contributed by atoms with van der Waals surface area (Å²) >= 11 is 0. The third-order valence-corrected chi connectivity index (χ3v) is 4.07. The highest BCUT2D eigenvalue weighted by molar-refractivity contribution is 7.86. The molecule has 0 amide bonds. The summed E-state index contributed by atoms with van der Waals surface area (Å²) in [6.45, 7) is 2.05. The molecule has 5 nitrogen and oxygen atoms in total. The Kier molecular flexibility index (Phi) is 4.01. The van der Waals surface area contributed by atoms with Gasteiger partial charge in [0, 0.05) is 6.42 Å². The van der Waals surface area contributed by atoms with Gasteiger partial charge >= 0.3 is 0 Å². The Morgan fingerprint density at radius 3 is 2.61 bits per heavy atom. The van der Waals surface area contributed by atoms with Gasteiger partial charge in [-0.3, -0.25) is 4.18 Å². The number of aliphatic hydroxyl groups excluding tert-OH is 1. The van der Waals surface area contributed by atoms with E-state index < -0.39 is 16.2 Å². The van der Waals surface area contributed by atoms with Crippen molar-refractivity contribution in [3.8, 4) is 0 Å². The van der Waals surface area contributed by atoms with Crippen molar-refractivity contribution in [3.05, 3.63) is 29.8 Å². The fraction of sp³-hybridized carbons (Fsp3) is 0.500. The molecule has 0 saturated carbocycles. The second-order valence-electron chi connectivity index (χ2n) is 4.40. The van der Waals surface area contributed by atoms with Gasteiger partial charge in [0.25, 0.3) is 10.1 Å². The number of benzene rings is 1. The van der Waals surface area contributed by atoms with Crippen molar-refractivity contribution in [2.75, 3.05) is 13.2 Å². The lowest BCUT2D eigenvalue weighted by molar-refractivity contribution is 0.0605. The van der Waals surface area contributed by atoms with Crippen molar-refractivity contribution in [2.45, 2.75) is 30.4 Å². The van der Waals surface area contributed by atoms with Gasteiger partial charge in [-0.25, -0.2) is 0 Å². The van der Waals surface area contributed by atoms with Crippen LogP contribution in [0.15, 0.2) is 29.2 Å². The van der Waals surface area contributed by atoms with Crippen LogP contribution in [0.4, 0.5) is 0 Å². The zero-order valence-electron chi connectivity index (χ0n) is 10.1. The highest BCUT2D eigenvalue weighted by atomic mass is 32.2. The molecular weight excluding hydrogens is 256 g/mol. The zero-order chi connectivity index (χ0) is 13.2. The molecule has 6 heteroatoms. The smallest absolute Gasteiger partial charge is 0.297 e. The molecule has 2 atom stereocenters. The molecule has 0 spiro atoms. The Morgan fingerprint density at radius 1 is 1.39 bits per heavy atom. The average Bonchev–Trinajstić information content (AvgIpc) is 2.73. The normalized spacial score (nSPS) is 24.3. The van der Waals surface area contributed by atoms with Crippen molar-refractivity contribution < 1.29 is 22.4 Å². The van der Waals surface area contributed by atoms with Crippen LogP contribution in [0.5, 0.6) is 0 Å². The summed E-state index contributed by atoms with van der Waals surface area (Å²) in [5, 5.41) is 9.25. The van der Waals surface area contributed by atoms with Crippen molar-refractivity contribution >= 4 is 10.1 Å². The van der Waals surface area contributed by atoms with E-state index in [-0.39, 0.29) is 24.2 Å². The second kappa shape index (κ2) is 5.36. The van der Waals surface area contributed by atoms with E-state index in [0.717, 1.165) is 5.56 Å². The fourth-order valence-corrected chi connectivity index (χ4v) is 2.68. The maximum absolute atomic E-state index is 11.8. The van der Waals surface area contributed by atoms with E-state index in [4.69, 9.17) is 8.92 Å². The van der Waals surface area contributed by atoms with Crippen LogP contribution < -0.4 is 0 Å². The van der Waals surface area contributed by atoms with Gasteiger partial charge in [0.15, 0.2) is 0 Å². The minimum atomic E-state index is -3.74. The molecule has 0 bridgehead atoms. The van der Waals surface area contributed by atoms with Gasteiger partial charge in [-0.15, -0.1) is 0 Å². The molecule has 1 aromatic rings. The highest BCUT2D eigenvalue weighted by Crippen LogP contribution is 2.17. The topological polar surface area (TPSA) is 72.8 Å². The highest BCUT2D eigenvalue weighted by Gasteiger charge is 2.26. The van der Waals surface area contributed by atoms with E-state index in [1.54, 1.807) is 12.1 Å². The van der Waals surface area contributed by atoms with Crippen molar-refractivity contribution in [1.82, 2.24) is 0 Å². The van der Waals surface area contributed by atoms with Crippen LogP contribution in [0.2, 0.25) is 0 Å². The van der Waals surface area contributed by atoms with Gasteiger partial charge in [0.1, 0.15) is 0 Å². The summed E-state index contributed by atoms with van der Waals surface area (Å²) in [6.07, 6.45) is -0.482. The van der Waals surface area contributed by atoms with Gasteiger partial charge in [0.2, 0.25) is 0 Å². The van der Waals surface area contributed by atoms with E-state index in [1.165, 1.54) is 12.1 Å². The second-order valence-corrected chi connectivity index (χ2v) is 6.01. The third kappa shape index (κ3) is 3.29. The predicted octanol–water partition coefficient (Wildman–Crippen LogP) is 0.850. The van der Waals surface area contributed by atoms with Crippen LogP contribution >= 0.6 is 0 Å². The number of ether oxygens (including phenoxy) is 1. The lowest BCUT2D eigenvalue weighted by Crippen LogP contribution is -2.18. The van der Waals surface area contributed by atoms with E-state index in [9.17, 15) is 13.5 Å². The van der Waals surface area contributed by atoms with Crippen LogP contribution in [0.25, 0.3) is 0 Å². The molecule has 0 unspecified atom stereocenters. The molecule has 18 heavy (non-hydrogen) atoms. The number of hydrogen-bond acceptors (Lipinski definition) is 5. The molecule has 1 N–H and O–H groups in total. The average molecular weight is 272 g/mol. The molecular formula is C12H16O5S. The first kappa shape index (κ1) is 13.5. The first-order valence-electron chi connectivity index (χ1n) is 5.73. The molecule has 1 heterocycles. The van der Waals surface area contributed by atoms with Crippen LogP contribution in [-0.2, 0) is 19.0 Å². The van der Waals surface area contributed by atoms with Gasteiger partial charge in [-0.2, -0.15) is 8.42 Å². The standard InChI is InChI=1S/C12H16O5S/c1-9-2-4-12(5-3-9)18(14,15)17-8-11-6-10(13)7-16-11/h2-5,10-11,13H,6-8H2,1H3/t10-,11+/m1/s1. The summed E-state index contributed by atoms with van der Waals surface area (Å²) in [5.74, 6) is 0. The van der Waals surface area contributed by atoms with Gasteiger partial charge in [-0.1, -0.05) is 17.7 Å². The molecule has 0 aliphatic carbocycles. The number of rotatable bonds is 4. The van der Waals surface area contributed by atoms with Crippen molar-refractivity contribution in [1.29, 1.82) is 0 Å². The number of hydrogen-bond donors (Lipinski definition) is 1. The number of aliphatic hydroxyl groups is 1. The first-order valence-corrected chi connectivity index (χ1v) is 7.14. The first-order chi connectivity index (χ1) is 8.47. The summed E-state index contributed by atoms with van der Waals surface area (Å²) in [7, 11) is -3.74. The van der Waals surface area contributed by atoms with Gasteiger partial charge in [-0.05, 0) is 19.1 Å². The Labute approximate surface area is 106 Å². The summed E-state index contributed by atoms with van der Waals surface area (Å²) in [5.41, 5.74) is 0.983. The van der Waals surface area contributed by atoms with Gasteiger partial charge in [0.05, 0.1) is 30.3 Å².